The lowest BCUT2D eigenvalue weighted by Crippen LogP contribution is -2.15. The molecule has 1 aliphatic heterocycles. The summed E-state index contributed by atoms with van der Waals surface area (Å²) in [6.07, 6.45) is 0. The van der Waals surface area contributed by atoms with Crippen LogP contribution >= 0.6 is 0 Å². The van der Waals surface area contributed by atoms with Crippen LogP contribution in [0.25, 0.3) is 0 Å². The van der Waals surface area contributed by atoms with E-state index in [2.05, 4.69) is 0 Å². The molecule has 0 unspecified atom stereocenters. The van der Waals surface area contributed by atoms with Gasteiger partial charge in [-0.1, -0.05) is 0 Å². The molecule has 19 heavy (non-hydrogen) atoms. The molecule has 0 atom stereocenters. The normalized spacial score (nSPS) is 12.1. The van der Waals surface area contributed by atoms with E-state index in [1.54, 1.807) is 0 Å². The summed E-state index contributed by atoms with van der Waals surface area (Å²) in [7, 11) is 2.71. The van der Waals surface area contributed by atoms with E-state index in [0.717, 1.165) is 0 Å². The summed E-state index contributed by atoms with van der Waals surface area (Å²) >= 11 is 0. The molecule has 2 rings (SSSR count). The fraction of sp³-hybridized carbons (Fsp3) is 0.364. The summed E-state index contributed by atoms with van der Waals surface area (Å²) in [4.78, 5) is 21.5. The first-order chi connectivity index (χ1) is 9.08. The molecule has 8 nitrogen and oxygen atoms in total. The average Bonchev–Trinajstić information content (AvgIpc) is 2.83. The molecule has 102 valence electrons. The summed E-state index contributed by atoms with van der Waals surface area (Å²) < 4.78 is 20.6. The Labute approximate surface area is 108 Å². The third-order valence-electron chi connectivity index (χ3n) is 2.56. The van der Waals surface area contributed by atoms with Crippen molar-refractivity contribution >= 4 is 5.78 Å². The Morgan fingerprint density at radius 1 is 1.37 bits per heavy atom. The second-order valence-corrected chi connectivity index (χ2v) is 3.64. The van der Waals surface area contributed by atoms with Crippen molar-refractivity contribution in [2.24, 2.45) is 0 Å². The maximum atomic E-state index is 11.8. The van der Waals surface area contributed by atoms with E-state index in [-0.39, 0.29) is 23.9 Å². The van der Waals surface area contributed by atoms with Crippen molar-refractivity contribution in [3.63, 3.8) is 0 Å². The SMILES string of the molecule is COc1c(C(=O)C[N+](=O)[O-])cc2c(c1OC)OCO2. The largest absolute Gasteiger partial charge is 0.492 e. The molecule has 1 aromatic rings. The summed E-state index contributed by atoms with van der Waals surface area (Å²) in [6, 6.07) is 1.36. The smallest absolute Gasteiger partial charge is 0.265 e. The molecule has 1 aromatic carbocycles. The molecule has 0 fully saturated rings. The van der Waals surface area contributed by atoms with Gasteiger partial charge < -0.3 is 18.9 Å². The van der Waals surface area contributed by atoms with E-state index in [0.29, 0.717) is 11.5 Å². The number of carbonyl (C=O) groups is 1. The van der Waals surface area contributed by atoms with Crippen molar-refractivity contribution < 1.29 is 28.7 Å². The van der Waals surface area contributed by atoms with E-state index in [4.69, 9.17) is 18.9 Å². The van der Waals surface area contributed by atoms with Crippen LogP contribution in [0.5, 0.6) is 23.0 Å². The second kappa shape index (κ2) is 5.01. The molecule has 0 amide bonds. The summed E-state index contributed by atoms with van der Waals surface area (Å²) in [5, 5.41) is 10.4. The molecule has 0 saturated carbocycles. The zero-order valence-corrected chi connectivity index (χ0v) is 10.3. The van der Waals surface area contributed by atoms with Crippen LogP contribution < -0.4 is 18.9 Å². The number of hydrogen-bond donors (Lipinski definition) is 0. The van der Waals surface area contributed by atoms with Crippen molar-refractivity contribution in [2.75, 3.05) is 27.6 Å². The molecule has 0 saturated heterocycles. The highest BCUT2D eigenvalue weighted by Gasteiger charge is 2.30. The first-order valence-corrected chi connectivity index (χ1v) is 5.28. The van der Waals surface area contributed by atoms with Crippen LogP contribution in [-0.2, 0) is 0 Å². The van der Waals surface area contributed by atoms with E-state index >= 15 is 0 Å². The van der Waals surface area contributed by atoms with Crippen LogP contribution in [0.1, 0.15) is 10.4 Å². The third-order valence-corrected chi connectivity index (χ3v) is 2.56. The van der Waals surface area contributed by atoms with Gasteiger partial charge in [0, 0.05) is 4.92 Å². The topological polar surface area (TPSA) is 97.1 Å². The molecule has 0 N–H and O–H groups in total. The molecule has 8 heteroatoms. The number of methoxy groups -OCH3 is 2. The van der Waals surface area contributed by atoms with Crippen LogP contribution in [0, 0.1) is 10.1 Å². The molecule has 0 aliphatic carbocycles. The fourth-order valence-electron chi connectivity index (χ4n) is 1.79. The number of rotatable bonds is 5. The Morgan fingerprint density at radius 2 is 2.05 bits per heavy atom. The Morgan fingerprint density at radius 3 is 2.63 bits per heavy atom. The highest BCUT2D eigenvalue weighted by Crippen LogP contribution is 2.48. The summed E-state index contributed by atoms with van der Waals surface area (Å²) in [5.41, 5.74) is 0.0281. The lowest BCUT2D eigenvalue weighted by atomic mass is 10.1. The number of hydrogen-bond acceptors (Lipinski definition) is 7. The highest BCUT2D eigenvalue weighted by molar-refractivity contribution is 6.01. The number of nitro groups is 1. The number of carbonyl (C=O) groups excluding carboxylic acids is 1. The van der Waals surface area contributed by atoms with Crippen molar-refractivity contribution in [3.8, 4) is 23.0 Å². The molecule has 0 bridgehead atoms. The first-order valence-electron chi connectivity index (χ1n) is 5.28. The minimum atomic E-state index is -0.834. The number of nitrogens with zero attached hydrogens (tertiary/aromatic N) is 1. The first kappa shape index (κ1) is 12.9. The molecule has 1 heterocycles. The zero-order valence-electron chi connectivity index (χ0n) is 10.3. The summed E-state index contributed by atoms with van der Waals surface area (Å²) in [5.74, 6) is 0.197. The van der Waals surface area contributed by atoms with Gasteiger partial charge in [-0.15, -0.1) is 0 Å². The van der Waals surface area contributed by atoms with Gasteiger partial charge in [0.15, 0.2) is 11.5 Å². The molecular weight excluding hydrogens is 258 g/mol. The molecule has 1 aliphatic rings. The van der Waals surface area contributed by atoms with Crippen molar-refractivity contribution in [1.82, 2.24) is 0 Å². The Hall–Kier alpha value is -2.51. The van der Waals surface area contributed by atoms with Gasteiger partial charge in [-0.25, -0.2) is 0 Å². The highest BCUT2D eigenvalue weighted by atomic mass is 16.7. The lowest BCUT2D eigenvalue weighted by molar-refractivity contribution is -0.465. The van der Waals surface area contributed by atoms with Crippen LogP contribution in [-0.4, -0.2) is 38.3 Å². The van der Waals surface area contributed by atoms with Gasteiger partial charge in [-0.05, 0) is 6.07 Å². The van der Waals surface area contributed by atoms with Crippen molar-refractivity contribution in [2.45, 2.75) is 0 Å². The van der Waals surface area contributed by atoms with Gasteiger partial charge in [-0.3, -0.25) is 14.9 Å². The monoisotopic (exact) mass is 269 g/mol. The second-order valence-electron chi connectivity index (χ2n) is 3.64. The summed E-state index contributed by atoms with van der Waals surface area (Å²) in [6.45, 7) is -0.846. The van der Waals surface area contributed by atoms with E-state index in [9.17, 15) is 14.9 Å². The van der Waals surface area contributed by atoms with Crippen molar-refractivity contribution in [3.05, 3.63) is 21.7 Å². The lowest BCUT2D eigenvalue weighted by Gasteiger charge is -2.13. The standard InChI is InChI=1S/C11H11NO7/c1-16-9-6(7(13)4-12(14)15)3-8-10(11(9)17-2)19-5-18-8/h3H,4-5H2,1-2H3. The van der Waals surface area contributed by atoms with Gasteiger partial charge in [0.2, 0.25) is 24.1 Å². The Kier molecular flexibility index (Phi) is 3.41. The molecule has 0 spiro atoms. The van der Waals surface area contributed by atoms with Crippen LogP contribution in [0.2, 0.25) is 0 Å². The molecule has 0 radical (unpaired) electrons. The van der Waals surface area contributed by atoms with E-state index in [1.165, 1.54) is 20.3 Å². The zero-order chi connectivity index (χ0) is 14.0. The molecular formula is C11H11NO7. The minimum Gasteiger partial charge on any atom is -0.492 e. The minimum absolute atomic E-state index is 0.0122. The maximum Gasteiger partial charge on any atom is 0.265 e. The van der Waals surface area contributed by atoms with Crippen LogP contribution in [0.4, 0.5) is 0 Å². The van der Waals surface area contributed by atoms with E-state index in [1.807, 2.05) is 0 Å². The third kappa shape index (κ3) is 2.24. The van der Waals surface area contributed by atoms with Crippen molar-refractivity contribution in [1.29, 1.82) is 0 Å². The number of ether oxygens (including phenoxy) is 4. The van der Waals surface area contributed by atoms with Gasteiger partial charge in [0.1, 0.15) is 0 Å². The number of Topliss-reactive ketones (excluding diaryl/α,β-unsaturated/α-hetero) is 1. The Balaban J connectivity index is 2.54. The Bertz CT molecular complexity index is 540. The quantitative estimate of drug-likeness (QED) is 0.444. The van der Waals surface area contributed by atoms with Gasteiger partial charge >= 0.3 is 0 Å². The van der Waals surface area contributed by atoms with Gasteiger partial charge in [-0.2, -0.15) is 0 Å². The molecule has 0 aromatic heterocycles. The van der Waals surface area contributed by atoms with Gasteiger partial charge in [0.05, 0.1) is 19.8 Å². The van der Waals surface area contributed by atoms with Crippen LogP contribution in [0.3, 0.4) is 0 Å². The fourth-order valence-corrected chi connectivity index (χ4v) is 1.79. The predicted octanol–water partition coefficient (Wildman–Crippen LogP) is 0.892. The number of ketones is 1. The average molecular weight is 269 g/mol. The van der Waals surface area contributed by atoms with Crippen LogP contribution in [0.15, 0.2) is 6.07 Å². The predicted molar refractivity (Wildman–Crippen MR) is 61.9 cm³/mol. The number of fused-ring (bicyclic) bond motifs is 1. The van der Waals surface area contributed by atoms with E-state index < -0.39 is 17.3 Å². The number of benzene rings is 1. The maximum absolute atomic E-state index is 11.8. The van der Waals surface area contributed by atoms with Gasteiger partial charge in [0.25, 0.3) is 6.54 Å².